The zero-order chi connectivity index (χ0) is 22.9. The Kier molecular flexibility index (Phi) is 5.90. The van der Waals surface area contributed by atoms with Crippen LogP contribution in [0.1, 0.15) is 17.3 Å². The first-order valence-corrected chi connectivity index (χ1v) is 11.9. The molecule has 1 atom stereocenters. The Morgan fingerprint density at radius 2 is 1.78 bits per heavy atom. The lowest BCUT2D eigenvalue weighted by atomic mass is 10.1. The van der Waals surface area contributed by atoms with E-state index in [-0.39, 0.29) is 21.7 Å². The molecule has 1 aliphatic rings. The summed E-state index contributed by atoms with van der Waals surface area (Å²) >= 11 is 1.42. The zero-order valence-electron chi connectivity index (χ0n) is 16.8. The third-order valence-corrected chi connectivity index (χ3v) is 7.25. The Balaban J connectivity index is 1.46. The van der Waals surface area contributed by atoms with Crippen molar-refractivity contribution in [2.24, 2.45) is 0 Å². The van der Waals surface area contributed by atoms with Gasteiger partial charge in [-0.05, 0) is 67.6 Å². The van der Waals surface area contributed by atoms with Crippen LogP contribution in [-0.2, 0) is 14.8 Å². The van der Waals surface area contributed by atoms with Gasteiger partial charge in [0, 0.05) is 16.1 Å². The van der Waals surface area contributed by atoms with E-state index in [1.807, 2.05) is 0 Å². The fraction of sp³-hybridized carbons (Fsp3) is 0.0909. The van der Waals surface area contributed by atoms with Gasteiger partial charge in [0.25, 0.3) is 15.9 Å². The number of thioether (sulfide) groups is 1. The molecule has 3 aromatic rings. The number of rotatable bonds is 5. The minimum absolute atomic E-state index is 0.0394. The summed E-state index contributed by atoms with van der Waals surface area (Å²) in [4.78, 5) is 25.3. The average molecular weight is 472 g/mol. The normalized spacial score (nSPS) is 15.4. The Bertz CT molecular complexity index is 1310. The monoisotopic (exact) mass is 471 g/mol. The third kappa shape index (κ3) is 4.76. The number of fused-ring (bicyclic) bond motifs is 1. The molecule has 1 aliphatic heterocycles. The topological polar surface area (TPSA) is 104 Å². The molecule has 0 saturated heterocycles. The standard InChI is InChI=1S/C22H18FN3O4S2/c1-13-21(27)25-19-11-14(5-10-20(19)31-13)22(28)24-16-6-8-18(9-7-16)32(29,30)26-17-4-2-3-15(23)12-17/h2-13,26H,1H3,(H,24,28)(H,25,27). The molecule has 3 N–H and O–H groups in total. The summed E-state index contributed by atoms with van der Waals surface area (Å²) in [5.74, 6) is -1.08. The van der Waals surface area contributed by atoms with Gasteiger partial charge < -0.3 is 10.6 Å². The number of nitrogens with one attached hydrogen (secondary N) is 3. The molecule has 0 aromatic heterocycles. The number of benzene rings is 3. The van der Waals surface area contributed by atoms with Crippen molar-refractivity contribution in [2.75, 3.05) is 15.4 Å². The van der Waals surface area contributed by atoms with Gasteiger partial charge in [-0.3, -0.25) is 14.3 Å². The van der Waals surface area contributed by atoms with E-state index in [0.29, 0.717) is 16.9 Å². The number of carbonyl (C=O) groups excluding carboxylic acids is 2. The van der Waals surface area contributed by atoms with Crippen molar-refractivity contribution in [3.63, 3.8) is 0 Å². The number of halogens is 1. The van der Waals surface area contributed by atoms with Crippen LogP contribution in [0.5, 0.6) is 0 Å². The van der Waals surface area contributed by atoms with Crippen molar-refractivity contribution >= 4 is 50.7 Å². The summed E-state index contributed by atoms with van der Waals surface area (Å²) in [5, 5.41) is 5.28. The van der Waals surface area contributed by atoms with Crippen molar-refractivity contribution in [1.82, 2.24) is 0 Å². The lowest BCUT2D eigenvalue weighted by molar-refractivity contribution is -0.115. The Morgan fingerprint density at radius 3 is 2.50 bits per heavy atom. The number of carbonyl (C=O) groups is 2. The molecule has 7 nitrogen and oxygen atoms in total. The van der Waals surface area contributed by atoms with Crippen molar-refractivity contribution < 1.29 is 22.4 Å². The van der Waals surface area contributed by atoms with E-state index in [1.165, 1.54) is 54.2 Å². The fourth-order valence-corrected chi connectivity index (χ4v) is 5.02. The highest BCUT2D eigenvalue weighted by Gasteiger charge is 2.24. The second-order valence-electron chi connectivity index (χ2n) is 7.05. The van der Waals surface area contributed by atoms with Crippen LogP contribution in [0.2, 0.25) is 0 Å². The summed E-state index contributed by atoms with van der Waals surface area (Å²) in [7, 11) is -3.92. The number of anilines is 3. The van der Waals surface area contributed by atoms with Gasteiger partial charge in [0.1, 0.15) is 5.82 Å². The van der Waals surface area contributed by atoms with Gasteiger partial charge in [0.15, 0.2) is 0 Å². The van der Waals surface area contributed by atoms with Gasteiger partial charge in [-0.2, -0.15) is 0 Å². The van der Waals surface area contributed by atoms with Crippen molar-refractivity contribution in [3.8, 4) is 0 Å². The molecule has 0 bridgehead atoms. The first kappa shape index (κ1) is 21.8. The lowest BCUT2D eigenvalue weighted by Gasteiger charge is -2.21. The molecule has 0 aliphatic carbocycles. The van der Waals surface area contributed by atoms with Gasteiger partial charge in [0.05, 0.1) is 21.5 Å². The smallest absolute Gasteiger partial charge is 0.261 e. The van der Waals surface area contributed by atoms with E-state index in [1.54, 1.807) is 25.1 Å². The molecule has 0 radical (unpaired) electrons. The fourth-order valence-electron chi connectivity index (χ4n) is 3.04. The molecular formula is C22H18FN3O4S2. The van der Waals surface area contributed by atoms with Crippen LogP contribution in [0.3, 0.4) is 0 Å². The summed E-state index contributed by atoms with van der Waals surface area (Å²) in [5.41, 5.74) is 1.43. The van der Waals surface area contributed by atoms with Crippen molar-refractivity contribution in [2.45, 2.75) is 22.0 Å². The van der Waals surface area contributed by atoms with E-state index in [4.69, 9.17) is 0 Å². The summed E-state index contributed by atoms with van der Waals surface area (Å²) in [6.45, 7) is 1.81. The molecule has 10 heteroatoms. The molecule has 1 heterocycles. The van der Waals surface area contributed by atoms with Crippen LogP contribution < -0.4 is 15.4 Å². The maximum Gasteiger partial charge on any atom is 0.261 e. The lowest BCUT2D eigenvalue weighted by Crippen LogP contribution is -2.26. The molecular weight excluding hydrogens is 453 g/mol. The van der Waals surface area contributed by atoms with Gasteiger partial charge in [-0.1, -0.05) is 6.07 Å². The average Bonchev–Trinajstić information content (AvgIpc) is 2.74. The molecule has 32 heavy (non-hydrogen) atoms. The van der Waals surface area contributed by atoms with E-state index < -0.39 is 21.7 Å². The Hall–Kier alpha value is -3.37. The van der Waals surface area contributed by atoms with E-state index in [0.717, 1.165) is 11.0 Å². The number of sulfonamides is 1. The van der Waals surface area contributed by atoms with Crippen LogP contribution in [0.15, 0.2) is 76.5 Å². The molecule has 164 valence electrons. The van der Waals surface area contributed by atoms with Crippen molar-refractivity contribution in [3.05, 3.63) is 78.1 Å². The molecule has 1 unspecified atom stereocenters. The predicted octanol–water partition coefficient (Wildman–Crippen LogP) is 4.31. The number of hydrogen-bond acceptors (Lipinski definition) is 5. The second-order valence-corrected chi connectivity index (χ2v) is 10.1. The first-order chi connectivity index (χ1) is 15.2. The molecule has 0 fully saturated rings. The van der Waals surface area contributed by atoms with Gasteiger partial charge >= 0.3 is 0 Å². The highest BCUT2D eigenvalue weighted by Crippen LogP contribution is 2.36. The highest BCUT2D eigenvalue weighted by atomic mass is 32.2. The minimum atomic E-state index is -3.92. The van der Waals surface area contributed by atoms with E-state index in [2.05, 4.69) is 15.4 Å². The first-order valence-electron chi connectivity index (χ1n) is 9.53. The van der Waals surface area contributed by atoms with Gasteiger partial charge in [-0.25, -0.2) is 12.8 Å². The quantitative estimate of drug-likeness (QED) is 0.514. The maximum absolute atomic E-state index is 13.3. The van der Waals surface area contributed by atoms with Crippen LogP contribution >= 0.6 is 11.8 Å². The number of amides is 2. The van der Waals surface area contributed by atoms with Crippen LogP contribution in [0, 0.1) is 5.82 Å². The zero-order valence-corrected chi connectivity index (χ0v) is 18.4. The van der Waals surface area contributed by atoms with Gasteiger partial charge in [-0.15, -0.1) is 11.8 Å². The summed E-state index contributed by atoms with van der Waals surface area (Å²) in [6, 6.07) is 15.7. The molecule has 2 amide bonds. The van der Waals surface area contributed by atoms with Crippen LogP contribution in [0.25, 0.3) is 0 Å². The number of hydrogen-bond donors (Lipinski definition) is 3. The summed E-state index contributed by atoms with van der Waals surface area (Å²) in [6.07, 6.45) is 0. The van der Waals surface area contributed by atoms with Crippen LogP contribution in [-0.4, -0.2) is 25.5 Å². The molecule has 3 aromatic carbocycles. The molecule has 0 saturated carbocycles. The molecule has 4 rings (SSSR count). The third-order valence-electron chi connectivity index (χ3n) is 4.67. The van der Waals surface area contributed by atoms with E-state index in [9.17, 15) is 22.4 Å². The Labute approximate surface area is 188 Å². The maximum atomic E-state index is 13.3. The van der Waals surface area contributed by atoms with Gasteiger partial charge in [0.2, 0.25) is 5.91 Å². The largest absolute Gasteiger partial charge is 0.324 e. The summed E-state index contributed by atoms with van der Waals surface area (Å²) < 4.78 is 40.6. The molecule has 0 spiro atoms. The second kappa shape index (κ2) is 8.64. The van der Waals surface area contributed by atoms with Crippen LogP contribution in [0.4, 0.5) is 21.5 Å². The Morgan fingerprint density at radius 1 is 1.03 bits per heavy atom. The SMILES string of the molecule is CC1Sc2ccc(C(=O)Nc3ccc(S(=O)(=O)Nc4cccc(F)c4)cc3)cc2NC1=O. The minimum Gasteiger partial charge on any atom is -0.324 e. The van der Waals surface area contributed by atoms with Crippen molar-refractivity contribution in [1.29, 1.82) is 0 Å². The van der Waals surface area contributed by atoms with E-state index >= 15 is 0 Å². The predicted molar refractivity (Wildman–Crippen MR) is 122 cm³/mol. The highest BCUT2D eigenvalue weighted by molar-refractivity contribution is 8.01.